The van der Waals surface area contributed by atoms with Gasteiger partial charge in [0.05, 0.1) is 5.75 Å². The summed E-state index contributed by atoms with van der Waals surface area (Å²) < 4.78 is 21.7. The van der Waals surface area contributed by atoms with Gasteiger partial charge in [-0.2, -0.15) is 0 Å². The lowest BCUT2D eigenvalue weighted by molar-refractivity contribution is 0.505. The van der Waals surface area contributed by atoms with E-state index in [0.717, 1.165) is 0 Å². The molecule has 2 nitrogen and oxygen atoms in total. The fraction of sp³-hybridized carbons (Fsp3) is 0.714. The van der Waals surface area contributed by atoms with Crippen LogP contribution in [0.4, 0.5) is 0 Å². The van der Waals surface area contributed by atoms with Crippen LogP contribution < -0.4 is 0 Å². The van der Waals surface area contributed by atoms with Gasteiger partial charge in [-0.05, 0) is 11.8 Å². The van der Waals surface area contributed by atoms with Crippen LogP contribution in [0.1, 0.15) is 13.8 Å². The van der Waals surface area contributed by atoms with E-state index in [1.807, 2.05) is 13.8 Å². The third kappa shape index (κ3) is 1.59. The van der Waals surface area contributed by atoms with Gasteiger partial charge in [0.25, 0.3) is 0 Å². The molecule has 0 aromatic heterocycles. The molecule has 58 valence electrons. The molecule has 0 unspecified atom stereocenters. The lowest BCUT2D eigenvalue weighted by Gasteiger charge is -2.08. The second-order valence-corrected chi connectivity index (χ2v) is 5.00. The minimum absolute atomic E-state index is 0.241. The van der Waals surface area contributed by atoms with Crippen molar-refractivity contribution in [2.45, 2.75) is 13.8 Å². The average Bonchev–Trinajstić information content (AvgIpc) is 2.10. The summed E-state index contributed by atoms with van der Waals surface area (Å²) in [4.78, 5) is 0. The molecule has 0 amide bonds. The van der Waals surface area contributed by atoms with Crippen molar-refractivity contribution in [2.75, 3.05) is 5.75 Å². The Balaban J connectivity index is 2.72. The van der Waals surface area contributed by atoms with Crippen LogP contribution in [0.25, 0.3) is 0 Å². The van der Waals surface area contributed by atoms with Gasteiger partial charge in [-0.25, -0.2) is 8.42 Å². The predicted molar refractivity (Wildman–Crippen MR) is 41.3 cm³/mol. The van der Waals surface area contributed by atoms with Crippen LogP contribution in [0.15, 0.2) is 11.5 Å². The minimum atomic E-state index is -2.82. The summed E-state index contributed by atoms with van der Waals surface area (Å²) in [6.45, 7) is 4.08. The van der Waals surface area contributed by atoms with Crippen LogP contribution in [0.3, 0.4) is 0 Å². The van der Waals surface area contributed by atoms with Crippen molar-refractivity contribution in [3.8, 4) is 0 Å². The Morgan fingerprint density at radius 3 is 2.30 bits per heavy atom. The molecule has 3 heteroatoms. The zero-order valence-electron chi connectivity index (χ0n) is 6.24. The molecule has 1 heterocycles. The highest BCUT2D eigenvalue weighted by Gasteiger charge is 2.23. The summed E-state index contributed by atoms with van der Waals surface area (Å²) in [5.41, 5.74) is 0. The van der Waals surface area contributed by atoms with Crippen LogP contribution in [0, 0.1) is 11.8 Å². The van der Waals surface area contributed by atoms with Crippen molar-refractivity contribution in [1.82, 2.24) is 0 Å². The molecule has 1 aliphatic heterocycles. The van der Waals surface area contributed by atoms with Crippen molar-refractivity contribution < 1.29 is 8.42 Å². The highest BCUT2D eigenvalue weighted by atomic mass is 32.2. The molecule has 1 aliphatic rings. The number of sulfone groups is 1. The maximum absolute atomic E-state index is 10.9. The average molecular weight is 160 g/mol. The van der Waals surface area contributed by atoms with Crippen LogP contribution >= 0.6 is 0 Å². The molecule has 0 aromatic carbocycles. The Bertz CT molecular complexity index is 236. The van der Waals surface area contributed by atoms with E-state index in [4.69, 9.17) is 0 Å². The fourth-order valence-corrected chi connectivity index (χ4v) is 2.60. The maximum Gasteiger partial charge on any atom is 0.171 e. The number of hydrogen-bond acceptors (Lipinski definition) is 2. The highest BCUT2D eigenvalue weighted by molar-refractivity contribution is 7.94. The van der Waals surface area contributed by atoms with E-state index in [0.29, 0.717) is 11.7 Å². The van der Waals surface area contributed by atoms with Gasteiger partial charge in [0.2, 0.25) is 0 Å². The summed E-state index contributed by atoms with van der Waals surface area (Å²) in [6, 6.07) is 0. The molecule has 1 rings (SSSR count). The zero-order chi connectivity index (χ0) is 7.78. The molecular weight excluding hydrogens is 148 g/mol. The number of allylic oxidation sites excluding steroid dienone is 1. The molecule has 0 aromatic rings. The summed E-state index contributed by atoms with van der Waals surface area (Å²) >= 11 is 0. The van der Waals surface area contributed by atoms with E-state index in [1.165, 1.54) is 5.41 Å². The first-order valence-electron chi connectivity index (χ1n) is 3.42. The molecular formula is C7H12O2S. The summed E-state index contributed by atoms with van der Waals surface area (Å²) in [7, 11) is -2.82. The van der Waals surface area contributed by atoms with Crippen molar-refractivity contribution in [2.24, 2.45) is 11.8 Å². The molecule has 0 radical (unpaired) electrons. The molecule has 0 saturated heterocycles. The Kier molecular flexibility index (Phi) is 1.86. The fourth-order valence-electron chi connectivity index (χ4n) is 1.01. The third-order valence-corrected chi connectivity index (χ3v) is 3.24. The van der Waals surface area contributed by atoms with E-state index in [1.54, 1.807) is 6.08 Å². The van der Waals surface area contributed by atoms with Crippen LogP contribution in [-0.4, -0.2) is 14.2 Å². The molecule has 1 atom stereocenters. The number of rotatable bonds is 1. The zero-order valence-corrected chi connectivity index (χ0v) is 7.06. The van der Waals surface area contributed by atoms with Gasteiger partial charge in [-0.3, -0.25) is 0 Å². The Labute approximate surface area is 61.9 Å². The Hall–Kier alpha value is -0.310. The van der Waals surface area contributed by atoms with Gasteiger partial charge in [-0.15, -0.1) is 0 Å². The van der Waals surface area contributed by atoms with Gasteiger partial charge in [0, 0.05) is 5.41 Å². The molecule has 0 saturated carbocycles. The molecule has 0 aliphatic carbocycles. The molecule has 10 heavy (non-hydrogen) atoms. The van der Waals surface area contributed by atoms with Crippen molar-refractivity contribution in [1.29, 1.82) is 0 Å². The second kappa shape index (κ2) is 2.38. The van der Waals surface area contributed by atoms with Gasteiger partial charge in [0.15, 0.2) is 9.84 Å². The lowest BCUT2D eigenvalue weighted by Crippen LogP contribution is -2.10. The van der Waals surface area contributed by atoms with Gasteiger partial charge >= 0.3 is 0 Å². The van der Waals surface area contributed by atoms with Gasteiger partial charge in [0.1, 0.15) is 0 Å². The molecule has 0 bridgehead atoms. The minimum Gasteiger partial charge on any atom is -0.224 e. The van der Waals surface area contributed by atoms with E-state index >= 15 is 0 Å². The highest BCUT2D eigenvalue weighted by Crippen LogP contribution is 2.21. The van der Waals surface area contributed by atoms with Crippen LogP contribution in [0.2, 0.25) is 0 Å². The Morgan fingerprint density at radius 1 is 1.50 bits per heavy atom. The normalized spacial score (nSPS) is 29.7. The molecule has 0 N–H and O–H groups in total. The standard InChI is InChI=1S/C7H12O2S/c1-6(2)7-3-4-10(8,9)5-7/h3-4,6-7H,5H2,1-2H3/t7-/m1/s1. The summed E-state index contributed by atoms with van der Waals surface area (Å²) in [5, 5.41) is 1.33. The smallest absolute Gasteiger partial charge is 0.171 e. The van der Waals surface area contributed by atoms with E-state index in [2.05, 4.69) is 0 Å². The topological polar surface area (TPSA) is 34.1 Å². The van der Waals surface area contributed by atoms with Crippen molar-refractivity contribution in [3.63, 3.8) is 0 Å². The second-order valence-electron chi connectivity index (χ2n) is 3.07. The van der Waals surface area contributed by atoms with Crippen LogP contribution in [0.5, 0.6) is 0 Å². The number of hydrogen-bond donors (Lipinski definition) is 0. The maximum atomic E-state index is 10.9. The van der Waals surface area contributed by atoms with E-state index in [-0.39, 0.29) is 5.92 Å². The monoisotopic (exact) mass is 160 g/mol. The first-order chi connectivity index (χ1) is 4.51. The molecule has 0 spiro atoms. The quantitative estimate of drug-likeness (QED) is 0.577. The lowest BCUT2D eigenvalue weighted by atomic mass is 9.99. The van der Waals surface area contributed by atoms with E-state index in [9.17, 15) is 8.42 Å². The largest absolute Gasteiger partial charge is 0.224 e. The first-order valence-corrected chi connectivity index (χ1v) is 5.14. The summed E-state index contributed by atoms with van der Waals surface area (Å²) in [6.07, 6.45) is 1.79. The SMILES string of the molecule is CC(C)[C@@H]1C=CS(=O)(=O)C1. The molecule has 0 fully saturated rings. The van der Waals surface area contributed by atoms with Crippen molar-refractivity contribution >= 4 is 9.84 Å². The first kappa shape index (κ1) is 7.79. The predicted octanol–water partition coefficient (Wildman–Crippen LogP) is 1.20. The van der Waals surface area contributed by atoms with Gasteiger partial charge < -0.3 is 0 Å². The van der Waals surface area contributed by atoms with E-state index < -0.39 is 9.84 Å². The third-order valence-electron chi connectivity index (χ3n) is 1.81. The van der Waals surface area contributed by atoms with Crippen molar-refractivity contribution in [3.05, 3.63) is 11.5 Å². The summed E-state index contributed by atoms with van der Waals surface area (Å²) in [5.74, 6) is 0.989. The van der Waals surface area contributed by atoms with Crippen LogP contribution in [-0.2, 0) is 9.84 Å². The Morgan fingerprint density at radius 2 is 2.10 bits per heavy atom. The van der Waals surface area contributed by atoms with Gasteiger partial charge in [-0.1, -0.05) is 19.9 Å².